The number of hydrogen-bond donors (Lipinski definition) is 2. The van der Waals surface area contributed by atoms with Gasteiger partial charge in [0.1, 0.15) is 5.60 Å². The van der Waals surface area contributed by atoms with Gasteiger partial charge in [0.25, 0.3) is 5.92 Å². The second kappa shape index (κ2) is 7.93. The topological polar surface area (TPSA) is 40.5 Å². The van der Waals surface area contributed by atoms with Gasteiger partial charge in [-0.05, 0) is 124 Å². The first-order valence-corrected chi connectivity index (χ1v) is 13.1. The van der Waals surface area contributed by atoms with Gasteiger partial charge in [-0.1, -0.05) is 20.8 Å². The van der Waals surface area contributed by atoms with Crippen LogP contribution in [-0.4, -0.2) is 27.8 Å². The highest BCUT2D eigenvalue weighted by Crippen LogP contribution is 2.68. The molecule has 2 nitrogen and oxygen atoms in total. The molecule has 0 aromatic heterocycles. The van der Waals surface area contributed by atoms with Gasteiger partial charge >= 0.3 is 0 Å². The van der Waals surface area contributed by atoms with Gasteiger partial charge in [0.15, 0.2) is 0 Å². The Bertz CT molecular complexity index is 658. The van der Waals surface area contributed by atoms with Crippen molar-refractivity contribution in [2.24, 2.45) is 46.3 Å². The van der Waals surface area contributed by atoms with Gasteiger partial charge in [-0.3, -0.25) is 0 Å². The summed E-state index contributed by atoms with van der Waals surface area (Å²) >= 11 is 0. The standard InChI is InChI=1S/C27H46F2O2/c1-17(10-15-27(28,29)24(2,3)31)21-8-9-22-20-7-6-18-16-19(30)11-13-25(18,4)23(20)12-14-26(21,22)5/h17-23,30-31H,6-16H2,1-5H3/t17-,18?,19?,20+,21-,22+,23+,25+,26-/m1/s1. The van der Waals surface area contributed by atoms with E-state index in [1.165, 1.54) is 58.8 Å². The molecule has 0 aromatic carbocycles. The maximum Gasteiger partial charge on any atom is 0.275 e. The van der Waals surface area contributed by atoms with Crippen LogP contribution >= 0.6 is 0 Å². The predicted octanol–water partition coefficient (Wildman–Crippen LogP) is 6.83. The van der Waals surface area contributed by atoms with Crippen molar-refractivity contribution in [1.29, 1.82) is 0 Å². The maximum absolute atomic E-state index is 14.4. The summed E-state index contributed by atoms with van der Waals surface area (Å²) in [6, 6.07) is 0. The highest BCUT2D eigenvalue weighted by Gasteiger charge is 2.60. The number of alkyl halides is 2. The number of aliphatic hydroxyl groups is 2. The SMILES string of the molecule is C[C@H](CCC(F)(F)C(C)(C)O)[C@H]1CC[C@H]2[C@@H]3CCC4CC(O)CC[C@]4(C)[C@H]3CC[C@]12C. The molecule has 180 valence electrons. The normalized spacial score (nSPS) is 46.7. The molecule has 4 fully saturated rings. The van der Waals surface area contributed by atoms with E-state index in [-0.39, 0.29) is 23.9 Å². The van der Waals surface area contributed by atoms with Crippen molar-refractivity contribution in [3.05, 3.63) is 0 Å². The highest BCUT2D eigenvalue weighted by atomic mass is 19.3. The van der Waals surface area contributed by atoms with Crippen molar-refractivity contribution < 1.29 is 19.0 Å². The van der Waals surface area contributed by atoms with E-state index in [0.717, 1.165) is 30.6 Å². The molecule has 4 saturated carbocycles. The second-order valence-electron chi connectivity index (χ2n) is 13.1. The van der Waals surface area contributed by atoms with Crippen molar-refractivity contribution >= 4 is 0 Å². The minimum atomic E-state index is -3.03. The quantitative estimate of drug-likeness (QED) is 0.492. The Morgan fingerprint density at radius 1 is 0.935 bits per heavy atom. The fourth-order valence-corrected chi connectivity index (χ4v) is 9.13. The van der Waals surface area contributed by atoms with E-state index in [4.69, 9.17) is 0 Å². The Hall–Kier alpha value is -0.220. The third-order valence-corrected chi connectivity index (χ3v) is 11.2. The van der Waals surface area contributed by atoms with E-state index in [2.05, 4.69) is 20.8 Å². The summed E-state index contributed by atoms with van der Waals surface area (Å²) in [5.74, 6) is 0.748. The Kier molecular flexibility index (Phi) is 6.12. The average Bonchev–Trinajstić information content (AvgIpc) is 3.03. The number of halogens is 2. The molecule has 4 rings (SSSR count). The Morgan fingerprint density at radius 2 is 1.58 bits per heavy atom. The molecule has 4 heteroatoms. The fraction of sp³-hybridized carbons (Fsp3) is 1.00. The molecule has 0 aromatic rings. The summed E-state index contributed by atoms with van der Waals surface area (Å²) in [4.78, 5) is 0. The molecule has 0 aliphatic heterocycles. The third-order valence-electron chi connectivity index (χ3n) is 11.2. The highest BCUT2D eigenvalue weighted by molar-refractivity contribution is 5.09. The first kappa shape index (κ1) is 23.9. The van der Waals surface area contributed by atoms with E-state index < -0.39 is 11.5 Å². The maximum atomic E-state index is 14.4. The molecule has 4 aliphatic carbocycles. The van der Waals surface area contributed by atoms with Gasteiger partial charge in [-0.2, -0.15) is 0 Å². The molecule has 9 atom stereocenters. The lowest BCUT2D eigenvalue weighted by Crippen LogP contribution is -2.54. The summed E-state index contributed by atoms with van der Waals surface area (Å²) < 4.78 is 28.8. The summed E-state index contributed by atoms with van der Waals surface area (Å²) in [7, 11) is 0. The summed E-state index contributed by atoms with van der Waals surface area (Å²) in [6.07, 6.45) is 10.8. The molecule has 0 spiro atoms. The second-order valence-corrected chi connectivity index (χ2v) is 13.1. The van der Waals surface area contributed by atoms with E-state index in [1.54, 1.807) is 0 Å². The van der Waals surface area contributed by atoms with Gasteiger partial charge in [-0.15, -0.1) is 0 Å². The van der Waals surface area contributed by atoms with Gasteiger partial charge in [-0.25, -0.2) is 8.78 Å². The summed E-state index contributed by atoms with van der Waals surface area (Å²) in [6.45, 7) is 9.65. The molecule has 2 N–H and O–H groups in total. The van der Waals surface area contributed by atoms with Crippen molar-refractivity contribution in [2.75, 3.05) is 0 Å². The minimum absolute atomic E-state index is 0.0952. The largest absolute Gasteiger partial charge is 0.393 e. The number of rotatable bonds is 5. The fourth-order valence-electron chi connectivity index (χ4n) is 9.13. The molecular formula is C27H46F2O2. The van der Waals surface area contributed by atoms with Crippen molar-refractivity contribution in [3.8, 4) is 0 Å². The zero-order valence-electron chi connectivity index (χ0n) is 20.5. The van der Waals surface area contributed by atoms with Crippen LogP contribution in [0.15, 0.2) is 0 Å². The smallest absolute Gasteiger partial charge is 0.275 e. The van der Waals surface area contributed by atoms with E-state index >= 15 is 0 Å². The molecular weight excluding hydrogens is 394 g/mol. The van der Waals surface area contributed by atoms with Gasteiger partial charge in [0.2, 0.25) is 0 Å². The molecule has 2 unspecified atom stereocenters. The number of aliphatic hydroxyl groups excluding tert-OH is 1. The van der Waals surface area contributed by atoms with E-state index in [0.29, 0.717) is 23.7 Å². The molecule has 0 heterocycles. The van der Waals surface area contributed by atoms with Crippen LogP contribution in [-0.2, 0) is 0 Å². The lowest BCUT2D eigenvalue weighted by atomic mass is 9.44. The number of fused-ring (bicyclic) bond motifs is 5. The molecule has 0 saturated heterocycles. The molecule has 31 heavy (non-hydrogen) atoms. The Labute approximate surface area is 188 Å². The zero-order valence-corrected chi connectivity index (χ0v) is 20.5. The molecule has 0 amide bonds. The lowest BCUT2D eigenvalue weighted by Gasteiger charge is -2.61. The first-order valence-electron chi connectivity index (χ1n) is 13.1. The molecule has 0 bridgehead atoms. The van der Waals surface area contributed by atoms with Crippen molar-refractivity contribution in [1.82, 2.24) is 0 Å². The lowest BCUT2D eigenvalue weighted by molar-refractivity contribution is -0.168. The zero-order chi connectivity index (χ0) is 22.8. The average molecular weight is 441 g/mol. The van der Waals surface area contributed by atoms with Crippen LogP contribution in [0, 0.1) is 46.3 Å². The van der Waals surface area contributed by atoms with Crippen molar-refractivity contribution in [2.45, 2.75) is 123 Å². The van der Waals surface area contributed by atoms with Crippen LogP contribution in [0.4, 0.5) is 8.78 Å². The number of hydrogen-bond acceptors (Lipinski definition) is 2. The monoisotopic (exact) mass is 440 g/mol. The van der Waals surface area contributed by atoms with Crippen LogP contribution in [0.1, 0.15) is 105 Å². The van der Waals surface area contributed by atoms with Crippen LogP contribution < -0.4 is 0 Å². The van der Waals surface area contributed by atoms with Crippen LogP contribution in [0.2, 0.25) is 0 Å². The molecule has 4 aliphatic rings. The predicted molar refractivity (Wildman–Crippen MR) is 121 cm³/mol. The van der Waals surface area contributed by atoms with E-state index in [1.807, 2.05) is 0 Å². The van der Waals surface area contributed by atoms with Crippen LogP contribution in [0.25, 0.3) is 0 Å². The van der Waals surface area contributed by atoms with Crippen LogP contribution in [0.5, 0.6) is 0 Å². The van der Waals surface area contributed by atoms with Crippen molar-refractivity contribution in [3.63, 3.8) is 0 Å². The van der Waals surface area contributed by atoms with Gasteiger partial charge in [0, 0.05) is 6.42 Å². The Morgan fingerprint density at radius 3 is 2.26 bits per heavy atom. The summed E-state index contributed by atoms with van der Waals surface area (Å²) in [5.41, 5.74) is -1.28. The first-order chi connectivity index (χ1) is 14.3. The van der Waals surface area contributed by atoms with Gasteiger partial charge in [0.05, 0.1) is 6.10 Å². The Balaban J connectivity index is 1.46. The minimum Gasteiger partial charge on any atom is -0.393 e. The van der Waals surface area contributed by atoms with Gasteiger partial charge < -0.3 is 10.2 Å². The molecule has 0 radical (unpaired) electrons. The van der Waals surface area contributed by atoms with Crippen LogP contribution in [0.3, 0.4) is 0 Å². The van der Waals surface area contributed by atoms with E-state index in [9.17, 15) is 19.0 Å². The third kappa shape index (κ3) is 3.90. The summed E-state index contributed by atoms with van der Waals surface area (Å²) in [5, 5.41) is 20.1.